The van der Waals surface area contributed by atoms with Gasteiger partial charge in [-0.15, -0.1) is 0 Å². The molecular weight excluding hydrogens is 138 g/mol. The van der Waals surface area contributed by atoms with Crippen LogP contribution < -0.4 is 5.73 Å². The van der Waals surface area contributed by atoms with Crippen LogP contribution in [0.15, 0.2) is 0 Å². The molecule has 0 aliphatic heterocycles. The maximum absolute atomic E-state index is 5.85. The fourth-order valence-electron chi connectivity index (χ4n) is 1.40. The summed E-state index contributed by atoms with van der Waals surface area (Å²) in [7, 11) is 0. The van der Waals surface area contributed by atoms with Crippen molar-refractivity contribution in [3.8, 4) is 0 Å². The minimum absolute atomic E-state index is 0.314. The molecule has 11 heavy (non-hydrogen) atoms. The molecule has 2 unspecified atom stereocenters. The zero-order valence-electron chi connectivity index (χ0n) is 7.92. The molecule has 0 heterocycles. The van der Waals surface area contributed by atoms with Gasteiger partial charge in [-0.2, -0.15) is 0 Å². The van der Waals surface area contributed by atoms with Crippen molar-refractivity contribution in [3.05, 3.63) is 0 Å². The molecule has 0 aromatic heterocycles. The molecule has 1 aliphatic carbocycles. The maximum atomic E-state index is 5.85. The van der Waals surface area contributed by atoms with E-state index in [1.54, 1.807) is 0 Å². The molecule has 2 N–H and O–H groups in total. The van der Waals surface area contributed by atoms with Crippen molar-refractivity contribution in [2.45, 2.75) is 39.8 Å². The molecule has 0 aromatic carbocycles. The van der Waals surface area contributed by atoms with Crippen LogP contribution in [0, 0.1) is 11.3 Å². The highest BCUT2D eigenvalue weighted by Gasteiger charge is 2.55. The van der Waals surface area contributed by atoms with E-state index >= 15 is 0 Å². The standard InChI is InChI=1S/C9H19NO/c1-6(2)11-5-7-8(10)9(7,3)4/h6-8H,5,10H2,1-4H3. The fraction of sp³-hybridized carbons (Fsp3) is 1.00. The van der Waals surface area contributed by atoms with Gasteiger partial charge in [-0.1, -0.05) is 13.8 Å². The predicted octanol–water partition coefficient (Wildman–Crippen LogP) is 1.39. The summed E-state index contributed by atoms with van der Waals surface area (Å²) in [6.07, 6.45) is 0.332. The highest BCUT2D eigenvalue weighted by Crippen LogP contribution is 2.50. The summed E-state index contributed by atoms with van der Waals surface area (Å²) in [5.74, 6) is 0.574. The number of nitrogens with two attached hydrogens (primary N) is 1. The van der Waals surface area contributed by atoms with Crippen LogP contribution in [0.25, 0.3) is 0 Å². The monoisotopic (exact) mass is 157 g/mol. The van der Waals surface area contributed by atoms with Crippen molar-refractivity contribution in [3.63, 3.8) is 0 Å². The zero-order valence-corrected chi connectivity index (χ0v) is 7.92. The Morgan fingerprint density at radius 3 is 2.18 bits per heavy atom. The van der Waals surface area contributed by atoms with E-state index in [0.29, 0.717) is 23.5 Å². The third-order valence-corrected chi connectivity index (χ3v) is 2.75. The van der Waals surface area contributed by atoms with E-state index in [1.807, 2.05) is 0 Å². The van der Waals surface area contributed by atoms with Crippen molar-refractivity contribution in [2.24, 2.45) is 17.1 Å². The molecule has 1 saturated carbocycles. The first-order valence-electron chi connectivity index (χ1n) is 4.33. The van der Waals surface area contributed by atoms with Gasteiger partial charge in [-0.05, 0) is 19.3 Å². The molecule has 0 spiro atoms. The lowest BCUT2D eigenvalue weighted by Crippen LogP contribution is -2.10. The Labute approximate surface area is 69.1 Å². The van der Waals surface area contributed by atoms with Crippen molar-refractivity contribution >= 4 is 0 Å². The van der Waals surface area contributed by atoms with Crippen LogP contribution in [0.4, 0.5) is 0 Å². The first-order valence-corrected chi connectivity index (χ1v) is 4.33. The van der Waals surface area contributed by atoms with Crippen molar-refractivity contribution in [1.29, 1.82) is 0 Å². The van der Waals surface area contributed by atoms with Crippen LogP contribution in [0.2, 0.25) is 0 Å². The van der Waals surface area contributed by atoms with Gasteiger partial charge in [0.2, 0.25) is 0 Å². The molecule has 0 saturated heterocycles. The Morgan fingerprint density at radius 2 is 1.91 bits per heavy atom. The Bertz CT molecular complexity index is 142. The molecule has 1 aliphatic rings. The van der Waals surface area contributed by atoms with E-state index in [9.17, 15) is 0 Å². The second-order valence-electron chi connectivity index (χ2n) is 4.34. The van der Waals surface area contributed by atoms with Crippen LogP contribution in [-0.2, 0) is 4.74 Å². The predicted molar refractivity (Wildman–Crippen MR) is 46.3 cm³/mol. The zero-order chi connectivity index (χ0) is 8.65. The van der Waals surface area contributed by atoms with Crippen LogP contribution in [0.1, 0.15) is 27.7 Å². The molecule has 66 valence electrons. The van der Waals surface area contributed by atoms with E-state index in [-0.39, 0.29) is 0 Å². The first kappa shape index (κ1) is 9.01. The van der Waals surface area contributed by atoms with E-state index < -0.39 is 0 Å². The summed E-state index contributed by atoms with van der Waals surface area (Å²) in [4.78, 5) is 0. The maximum Gasteiger partial charge on any atom is 0.0519 e. The number of hydrogen-bond donors (Lipinski definition) is 1. The number of rotatable bonds is 3. The Hall–Kier alpha value is -0.0800. The quantitative estimate of drug-likeness (QED) is 0.672. The SMILES string of the molecule is CC(C)OCC1C(N)C1(C)C. The van der Waals surface area contributed by atoms with Crippen molar-refractivity contribution in [2.75, 3.05) is 6.61 Å². The van der Waals surface area contributed by atoms with Gasteiger partial charge < -0.3 is 10.5 Å². The topological polar surface area (TPSA) is 35.2 Å². The van der Waals surface area contributed by atoms with Crippen molar-refractivity contribution in [1.82, 2.24) is 0 Å². The average Bonchev–Trinajstić information content (AvgIpc) is 2.30. The van der Waals surface area contributed by atoms with Gasteiger partial charge in [0.15, 0.2) is 0 Å². The minimum atomic E-state index is 0.314. The minimum Gasteiger partial charge on any atom is -0.378 e. The largest absolute Gasteiger partial charge is 0.378 e. The summed E-state index contributed by atoms with van der Waals surface area (Å²) in [5, 5.41) is 0. The molecule has 0 radical (unpaired) electrons. The lowest BCUT2D eigenvalue weighted by atomic mass is 10.1. The Morgan fingerprint density at radius 1 is 1.45 bits per heavy atom. The fourth-order valence-corrected chi connectivity index (χ4v) is 1.40. The van der Waals surface area contributed by atoms with E-state index in [0.717, 1.165) is 6.61 Å². The molecular formula is C9H19NO. The molecule has 2 heteroatoms. The molecule has 1 fully saturated rings. The molecule has 0 bridgehead atoms. The first-order chi connectivity index (χ1) is 4.96. The van der Waals surface area contributed by atoms with Crippen LogP contribution in [0.5, 0.6) is 0 Å². The van der Waals surface area contributed by atoms with E-state index in [1.165, 1.54) is 0 Å². The average molecular weight is 157 g/mol. The van der Waals surface area contributed by atoms with Gasteiger partial charge in [0.25, 0.3) is 0 Å². The second-order valence-corrected chi connectivity index (χ2v) is 4.34. The number of hydrogen-bond acceptors (Lipinski definition) is 2. The lowest BCUT2D eigenvalue weighted by molar-refractivity contribution is 0.0643. The summed E-state index contributed by atoms with van der Waals surface area (Å²) >= 11 is 0. The number of ether oxygens (including phenoxy) is 1. The summed E-state index contributed by atoms with van der Waals surface area (Å²) in [5.41, 5.74) is 6.16. The van der Waals surface area contributed by atoms with Crippen LogP contribution in [-0.4, -0.2) is 18.8 Å². The molecule has 1 rings (SSSR count). The molecule has 0 amide bonds. The highest BCUT2D eigenvalue weighted by molar-refractivity contribution is 5.08. The third kappa shape index (κ3) is 1.74. The highest BCUT2D eigenvalue weighted by atomic mass is 16.5. The Kier molecular flexibility index (Phi) is 2.26. The summed E-state index contributed by atoms with van der Waals surface area (Å²) in [6.45, 7) is 9.34. The lowest BCUT2D eigenvalue weighted by Gasteiger charge is -2.07. The Balaban J connectivity index is 2.22. The second kappa shape index (κ2) is 2.76. The van der Waals surface area contributed by atoms with Gasteiger partial charge >= 0.3 is 0 Å². The molecule has 2 nitrogen and oxygen atoms in total. The van der Waals surface area contributed by atoms with E-state index in [4.69, 9.17) is 10.5 Å². The van der Waals surface area contributed by atoms with Gasteiger partial charge in [-0.25, -0.2) is 0 Å². The molecule has 0 aromatic rings. The van der Waals surface area contributed by atoms with Crippen molar-refractivity contribution < 1.29 is 4.74 Å². The summed E-state index contributed by atoms with van der Waals surface area (Å²) < 4.78 is 5.49. The third-order valence-electron chi connectivity index (χ3n) is 2.75. The van der Waals surface area contributed by atoms with Gasteiger partial charge in [0.05, 0.1) is 12.7 Å². The molecule has 2 atom stereocenters. The van der Waals surface area contributed by atoms with Gasteiger partial charge in [-0.3, -0.25) is 0 Å². The van der Waals surface area contributed by atoms with Gasteiger partial charge in [0.1, 0.15) is 0 Å². The summed E-state index contributed by atoms with van der Waals surface area (Å²) in [6, 6.07) is 0.348. The smallest absolute Gasteiger partial charge is 0.0519 e. The normalized spacial score (nSPS) is 34.4. The van der Waals surface area contributed by atoms with Crippen LogP contribution >= 0.6 is 0 Å². The van der Waals surface area contributed by atoms with Crippen LogP contribution in [0.3, 0.4) is 0 Å². The van der Waals surface area contributed by atoms with Gasteiger partial charge in [0, 0.05) is 12.0 Å². The van der Waals surface area contributed by atoms with E-state index in [2.05, 4.69) is 27.7 Å².